The van der Waals surface area contributed by atoms with E-state index in [0.717, 1.165) is 73.4 Å². The van der Waals surface area contributed by atoms with E-state index in [0.29, 0.717) is 35.8 Å². The van der Waals surface area contributed by atoms with Crippen molar-refractivity contribution in [3.05, 3.63) is 94.0 Å². The van der Waals surface area contributed by atoms with Crippen LogP contribution in [-0.2, 0) is 0 Å². The minimum absolute atomic E-state index is 0.597. The molecule has 0 bridgehead atoms. The Kier molecular flexibility index (Phi) is 13.1. The van der Waals surface area contributed by atoms with Crippen LogP contribution in [0.2, 0.25) is 0 Å². The van der Waals surface area contributed by atoms with Crippen LogP contribution < -0.4 is 9.47 Å². The maximum absolute atomic E-state index is 11.0. The lowest BCUT2D eigenvalue weighted by molar-refractivity contribution is 0.111. The molecule has 0 aromatic heterocycles. The van der Waals surface area contributed by atoms with Gasteiger partial charge in [0, 0.05) is 34.4 Å². The predicted molar refractivity (Wildman–Crippen MR) is 161 cm³/mol. The highest BCUT2D eigenvalue weighted by Crippen LogP contribution is 2.29. The zero-order valence-corrected chi connectivity index (χ0v) is 23.6. The summed E-state index contributed by atoms with van der Waals surface area (Å²) in [7, 11) is 0. The van der Waals surface area contributed by atoms with Crippen LogP contribution in [0, 0.1) is 23.7 Å². The highest BCUT2D eigenvalue weighted by molar-refractivity contribution is 5.75. The molecule has 3 rings (SSSR count). The minimum Gasteiger partial charge on any atom is -0.492 e. The molecule has 0 heterocycles. The number of benzene rings is 3. The largest absolute Gasteiger partial charge is 0.492 e. The highest BCUT2D eigenvalue weighted by atomic mass is 16.5. The Morgan fingerprint density at radius 1 is 0.550 bits per heavy atom. The first-order chi connectivity index (χ1) is 19.7. The van der Waals surface area contributed by atoms with Crippen molar-refractivity contribution in [1.82, 2.24) is 0 Å². The molecular weight excluding hydrogens is 496 g/mol. The number of rotatable bonds is 14. The van der Waals surface area contributed by atoms with Gasteiger partial charge < -0.3 is 9.47 Å². The third-order valence-electron chi connectivity index (χ3n) is 6.37. The molecule has 206 valence electrons. The Morgan fingerprint density at radius 3 is 1.30 bits per heavy atom. The van der Waals surface area contributed by atoms with Gasteiger partial charge in [-0.2, -0.15) is 0 Å². The van der Waals surface area contributed by atoms with E-state index in [1.165, 1.54) is 12.8 Å². The fourth-order valence-corrected chi connectivity index (χ4v) is 3.99. The Morgan fingerprint density at radius 2 is 0.950 bits per heavy atom. The quantitative estimate of drug-likeness (QED) is 0.119. The summed E-state index contributed by atoms with van der Waals surface area (Å²) in [6, 6.07) is 18.2. The predicted octanol–water partition coefficient (Wildman–Crippen LogP) is 8.03. The molecule has 0 amide bonds. The highest BCUT2D eigenvalue weighted by Gasteiger charge is 2.11. The normalized spacial score (nSPS) is 10.1. The van der Waals surface area contributed by atoms with Crippen LogP contribution in [0.1, 0.15) is 108 Å². The van der Waals surface area contributed by atoms with Crippen molar-refractivity contribution in [2.75, 3.05) is 13.2 Å². The molecule has 0 fully saturated rings. The van der Waals surface area contributed by atoms with Gasteiger partial charge in [0.05, 0.1) is 24.3 Å². The van der Waals surface area contributed by atoms with E-state index in [4.69, 9.17) is 9.47 Å². The molecule has 3 aromatic carbocycles. The standard InChI is InChI=1S/C36H38O4/c1-3-5-7-9-23-39-35-25-34(22-20-30-13-17-32(28-38)18-14-30)36(40-24-10-8-6-4-2)26-33(35)21-19-29-11-15-31(27-37)16-12-29/h11-18,25-28H,3-10,23-24H2,1-2H3. The number of hydrogen-bond donors (Lipinski definition) is 0. The molecule has 4 nitrogen and oxygen atoms in total. The fourth-order valence-electron chi connectivity index (χ4n) is 3.99. The van der Waals surface area contributed by atoms with E-state index < -0.39 is 0 Å². The van der Waals surface area contributed by atoms with Crippen LogP contribution in [0.15, 0.2) is 60.7 Å². The number of aldehydes is 2. The maximum Gasteiger partial charge on any atom is 0.150 e. The number of hydrogen-bond acceptors (Lipinski definition) is 4. The van der Waals surface area contributed by atoms with Gasteiger partial charge in [0.1, 0.15) is 24.1 Å². The minimum atomic E-state index is 0.597. The lowest BCUT2D eigenvalue weighted by atomic mass is 10.1. The topological polar surface area (TPSA) is 52.6 Å². The van der Waals surface area contributed by atoms with Crippen molar-refractivity contribution in [3.8, 4) is 35.2 Å². The first-order valence-corrected chi connectivity index (χ1v) is 14.2. The molecule has 40 heavy (non-hydrogen) atoms. The van der Waals surface area contributed by atoms with Gasteiger partial charge in [-0.15, -0.1) is 0 Å². The first-order valence-electron chi connectivity index (χ1n) is 14.2. The summed E-state index contributed by atoms with van der Waals surface area (Å²) >= 11 is 0. The van der Waals surface area contributed by atoms with E-state index >= 15 is 0 Å². The zero-order valence-electron chi connectivity index (χ0n) is 23.6. The zero-order chi connectivity index (χ0) is 28.4. The average Bonchev–Trinajstić information content (AvgIpc) is 3.00. The second kappa shape index (κ2) is 17.3. The summed E-state index contributed by atoms with van der Waals surface area (Å²) in [6.07, 6.45) is 10.5. The van der Waals surface area contributed by atoms with Crippen LogP contribution in [0.4, 0.5) is 0 Å². The van der Waals surface area contributed by atoms with Crippen molar-refractivity contribution in [2.24, 2.45) is 0 Å². The molecular formula is C36H38O4. The summed E-state index contributed by atoms with van der Waals surface area (Å²) in [4.78, 5) is 22.0. The molecule has 0 unspecified atom stereocenters. The van der Waals surface area contributed by atoms with Gasteiger partial charge >= 0.3 is 0 Å². The second-order valence-corrected chi connectivity index (χ2v) is 9.64. The van der Waals surface area contributed by atoms with Gasteiger partial charge in [-0.3, -0.25) is 9.59 Å². The lowest BCUT2D eigenvalue weighted by Crippen LogP contribution is -2.03. The fraction of sp³-hybridized carbons (Fsp3) is 0.333. The van der Waals surface area contributed by atoms with Gasteiger partial charge in [-0.25, -0.2) is 0 Å². The van der Waals surface area contributed by atoms with Gasteiger partial charge in [0.15, 0.2) is 0 Å². The van der Waals surface area contributed by atoms with Crippen molar-refractivity contribution >= 4 is 12.6 Å². The summed E-state index contributed by atoms with van der Waals surface area (Å²) in [5.41, 5.74) is 4.32. The van der Waals surface area contributed by atoms with Crippen LogP contribution in [-0.4, -0.2) is 25.8 Å². The average molecular weight is 535 g/mol. The van der Waals surface area contributed by atoms with Crippen molar-refractivity contribution < 1.29 is 19.1 Å². The van der Waals surface area contributed by atoms with E-state index in [1.54, 1.807) is 24.3 Å². The molecule has 0 saturated carbocycles. The number of carbonyl (C=O) groups is 2. The Hall–Kier alpha value is -4.28. The van der Waals surface area contributed by atoms with Crippen molar-refractivity contribution in [3.63, 3.8) is 0 Å². The van der Waals surface area contributed by atoms with E-state index in [-0.39, 0.29) is 0 Å². The van der Waals surface area contributed by atoms with E-state index in [9.17, 15) is 9.59 Å². The molecule has 0 aliphatic heterocycles. The molecule has 0 atom stereocenters. The van der Waals surface area contributed by atoms with Crippen LogP contribution >= 0.6 is 0 Å². The molecule has 0 N–H and O–H groups in total. The summed E-state index contributed by atoms with van der Waals surface area (Å²) < 4.78 is 12.5. The van der Waals surface area contributed by atoms with Crippen LogP contribution in [0.25, 0.3) is 0 Å². The molecule has 0 aliphatic carbocycles. The Labute approximate surface area is 239 Å². The molecule has 0 aliphatic rings. The second-order valence-electron chi connectivity index (χ2n) is 9.64. The molecule has 0 spiro atoms. The summed E-state index contributed by atoms with van der Waals surface area (Å²) in [5.74, 6) is 14.3. The molecule has 0 saturated heterocycles. The third kappa shape index (κ3) is 10.1. The van der Waals surface area contributed by atoms with Gasteiger partial charge in [0.2, 0.25) is 0 Å². The third-order valence-corrected chi connectivity index (χ3v) is 6.37. The van der Waals surface area contributed by atoms with Crippen LogP contribution in [0.3, 0.4) is 0 Å². The number of ether oxygens (including phenoxy) is 2. The van der Waals surface area contributed by atoms with Crippen molar-refractivity contribution in [2.45, 2.75) is 65.2 Å². The Balaban J connectivity index is 1.97. The number of carbonyl (C=O) groups excluding carboxylic acids is 2. The Bertz CT molecular complexity index is 1240. The molecule has 3 aromatic rings. The monoisotopic (exact) mass is 534 g/mol. The SMILES string of the molecule is CCCCCCOc1cc(C#Cc2ccc(C=O)cc2)c(OCCCCCC)cc1C#Cc1ccc(C=O)cc1. The summed E-state index contributed by atoms with van der Waals surface area (Å²) in [5, 5.41) is 0. The molecule has 4 heteroatoms. The summed E-state index contributed by atoms with van der Waals surface area (Å²) in [6.45, 7) is 5.57. The maximum atomic E-state index is 11.0. The van der Waals surface area contributed by atoms with Crippen LogP contribution in [0.5, 0.6) is 11.5 Å². The smallest absolute Gasteiger partial charge is 0.150 e. The van der Waals surface area contributed by atoms with Gasteiger partial charge in [-0.1, -0.05) is 100 Å². The van der Waals surface area contributed by atoms with Gasteiger partial charge in [-0.05, 0) is 37.1 Å². The van der Waals surface area contributed by atoms with Gasteiger partial charge in [0.25, 0.3) is 0 Å². The molecule has 0 radical (unpaired) electrons. The lowest BCUT2D eigenvalue weighted by Gasteiger charge is -2.14. The first kappa shape index (κ1) is 30.3. The van der Waals surface area contributed by atoms with E-state index in [2.05, 4.69) is 37.5 Å². The number of unbranched alkanes of at least 4 members (excludes halogenated alkanes) is 6. The van der Waals surface area contributed by atoms with E-state index in [1.807, 2.05) is 36.4 Å². The van der Waals surface area contributed by atoms with Crippen molar-refractivity contribution in [1.29, 1.82) is 0 Å².